The van der Waals surface area contributed by atoms with Gasteiger partial charge in [-0.3, -0.25) is 4.79 Å². The van der Waals surface area contributed by atoms with Crippen molar-refractivity contribution in [3.63, 3.8) is 0 Å². The van der Waals surface area contributed by atoms with Crippen molar-refractivity contribution in [1.29, 1.82) is 0 Å². The van der Waals surface area contributed by atoms with E-state index in [4.69, 9.17) is 5.11 Å². The summed E-state index contributed by atoms with van der Waals surface area (Å²) in [6.07, 6.45) is 3.67. The molecule has 2 amide bonds. The third-order valence-corrected chi connectivity index (χ3v) is 6.89. The molecule has 2 aliphatic heterocycles. The number of unbranched alkanes of at least 4 members (excludes halogenated alkanes) is 1. The van der Waals surface area contributed by atoms with Gasteiger partial charge in [0.25, 0.3) is 0 Å². The molecule has 1 N–H and O–H groups in total. The summed E-state index contributed by atoms with van der Waals surface area (Å²) in [5, 5.41) is 8.89. The smallest absolute Gasteiger partial charge is 0.321 e. The van der Waals surface area contributed by atoms with Crippen molar-refractivity contribution >= 4 is 23.8 Å². The topological polar surface area (TPSA) is 60.9 Å². The average Bonchev–Trinajstić information content (AvgIpc) is 3.27. The van der Waals surface area contributed by atoms with Crippen LogP contribution in [0.5, 0.6) is 0 Å². The Labute approximate surface area is 181 Å². The molecule has 0 bridgehead atoms. The molecular weight excluding hydrogens is 396 g/mol. The summed E-state index contributed by atoms with van der Waals surface area (Å²) in [7, 11) is 0. The highest BCUT2D eigenvalue weighted by Crippen LogP contribution is 2.43. The van der Waals surface area contributed by atoms with Crippen LogP contribution in [0.3, 0.4) is 0 Å². The van der Waals surface area contributed by atoms with Gasteiger partial charge in [0, 0.05) is 30.2 Å². The number of amides is 2. The summed E-state index contributed by atoms with van der Waals surface area (Å²) in [6, 6.07) is 20.5. The zero-order chi connectivity index (χ0) is 20.9. The van der Waals surface area contributed by atoms with Gasteiger partial charge in [-0.05, 0) is 24.0 Å². The number of carboxylic acids is 1. The Morgan fingerprint density at radius 2 is 1.60 bits per heavy atom. The van der Waals surface area contributed by atoms with Gasteiger partial charge in [-0.25, -0.2) is 4.79 Å². The second-order valence-corrected chi connectivity index (χ2v) is 8.82. The van der Waals surface area contributed by atoms with Gasteiger partial charge in [0.2, 0.25) is 0 Å². The standard InChI is InChI=1S/C24H26N2O3S/c27-22(28)14-8-7-13-21-23-20(17-30-21)25(15-18-9-3-1-4-10-18)24(29)26(23)16-19-11-5-2-6-12-19/h1-6,9-13,20,23H,7-8,14-17H2,(H,27,28). The van der Waals surface area contributed by atoms with E-state index >= 15 is 0 Å². The van der Waals surface area contributed by atoms with E-state index in [0.717, 1.165) is 23.3 Å². The molecular formula is C24H26N2O3S. The molecule has 156 valence electrons. The monoisotopic (exact) mass is 422 g/mol. The maximum absolute atomic E-state index is 13.4. The largest absolute Gasteiger partial charge is 0.481 e. The van der Waals surface area contributed by atoms with Gasteiger partial charge in [-0.15, -0.1) is 11.8 Å². The third kappa shape index (κ3) is 4.54. The molecule has 6 heteroatoms. The van der Waals surface area contributed by atoms with Gasteiger partial charge < -0.3 is 14.9 Å². The Hall–Kier alpha value is -2.73. The van der Waals surface area contributed by atoms with E-state index in [0.29, 0.717) is 19.5 Å². The van der Waals surface area contributed by atoms with Gasteiger partial charge in [0.1, 0.15) is 0 Å². The highest BCUT2D eigenvalue weighted by atomic mass is 32.2. The van der Waals surface area contributed by atoms with Gasteiger partial charge in [0.15, 0.2) is 0 Å². The average molecular weight is 423 g/mol. The Kier molecular flexibility index (Phi) is 6.43. The number of carbonyl (C=O) groups excluding carboxylic acids is 1. The molecule has 2 fully saturated rings. The van der Waals surface area contributed by atoms with Crippen LogP contribution in [0.25, 0.3) is 0 Å². The van der Waals surface area contributed by atoms with Crippen LogP contribution >= 0.6 is 11.8 Å². The van der Waals surface area contributed by atoms with Crippen LogP contribution in [0.1, 0.15) is 30.4 Å². The Morgan fingerprint density at radius 1 is 1.00 bits per heavy atom. The predicted molar refractivity (Wildman–Crippen MR) is 119 cm³/mol. The minimum Gasteiger partial charge on any atom is -0.481 e. The van der Waals surface area contributed by atoms with E-state index in [1.807, 2.05) is 46.2 Å². The molecule has 0 spiro atoms. The van der Waals surface area contributed by atoms with Gasteiger partial charge in [0.05, 0.1) is 12.1 Å². The quantitative estimate of drug-likeness (QED) is 0.493. The maximum atomic E-state index is 13.4. The zero-order valence-corrected chi connectivity index (χ0v) is 17.6. The lowest BCUT2D eigenvalue weighted by atomic mass is 10.1. The molecule has 2 heterocycles. The van der Waals surface area contributed by atoms with Crippen molar-refractivity contribution in [3.8, 4) is 0 Å². The summed E-state index contributed by atoms with van der Waals surface area (Å²) in [5.41, 5.74) is 2.25. The van der Waals surface area contributed by atoms with Crippen molar-refractivity contribution in [1.82, 2.24) is 9.80 Å². The Morgan fingerprint density at radius 3 is 2.20 bits per heavy atom. The molecule has 2 atom stereocenters. The lowest BCUT2D eigenvalue weighted by Gasteiger charge is -2.23. The van der Waals surface area contributed by atoms with E-state index < -0.39 is 5.97 Å². The predicted octanol–water partition coefficient (Wildman–Crippen LogP) is 4.75. The first-order valence-electron chi connectivity index (χ1n) is 10.3. The van der Waals surface area contributed by atoms with Crippen LogP contribution in [0.15, 0.2) is 71.6 Å². The number of allylic oxidation sites excluding steroid dienone is 1. The van der Waals surface area contributed by atoms with Crippen LogP contribution in [-0.4, -0.2) is 44.7 Å². The molecule has 30 heavy (non-hydrogen) atoms. The minimum absolute atomic E-state index is 0.0382. The number of benzene rings is 2. The lowest BCUT2D eigenvalue weighted by molar-refractivity contribution is -0.137. The summed E-state index contributed by atoms with van der Waals surface area (Å²) in [4.78, 5) is 29.4. The summed E-state index contributed by atoms with van der Waals surface area (Å²) < 4.78 is 0. The zero-order valence-electron chi connectivity index (χ0n) is 16.8. The molecule has 0 radical (unpaired) electrons. The van der Waals surface area contributed by atoms with Gasteiger partial charge >= 0.3 is 12.0 Å². The van der Waals surface area contributed by atoms with Crippen molar-refractivity contribution in [3.05, 3.63) is 82.8 Å². The molecule has 2 unspecified atom stereocenters. The first-order chi connectivity index (χ1) is 14.6. The fourth-order valence-electron chi connectivity index (χ4n) is 4.18. The lowest BCUT2D eigenvalue weighted by Crippen LogP contribution is -2.35. The second-order valence-electron chi connectivity index (χ2n) is 7.73. The van der Waals surface area contributed by atoms with E-state index in [2.05, 4.69) is 30.3 Å². The number of hydrogen-bond acceptors (Lipinski definition) is 3. The third-order valence-electron chi connectivity index (χ3n) is 5.64. The van der Waals surface area contributed by atoms with Gasteiger partial charge in [-0.1, -0.05) is 66.7 Å². The molecule has 5 nitrogen and oxygen atoms in total. The van der Waals surface area contributed by atoms with E-state index in [-0.39, 0.29) is 24.5 Å². The highest BCUT2D eigenvalue weighted by molar-refractivity contribution is 8.03. The molecule has 2 aliphatic rings. The van der Waals surface area contributed by atoms with E-state index in [1.165, 1.54) is 4.91 Å². The van der Waals surface area contributed by atoms with Crippen LogP contribution < -0.4 is 0 Å². The van der Waals surface area contributed by atoms with Crippen molar-refractivity contribution < 1.29 is 14.7 Å². The van der Waals surface area contributed by atoms with Crippen LogP contribution in [0.2, 0.25) is 0 Å². The van der Waals surface area contributed by atoms with Crippen LogP contribution in [-0.2, 0) is 17.9 Å². The number of hydrogen-bond donors (Lipinski definition) is 1. The molecule has 0 saturated carbocycles. The maximum Gasteiger partial charge on any atom is 0.321 e. The number of urea groups is 1. The Bertz CT molecular complexity index is 917. The van der Waals surface area contributed by atoms with E-state index in [9.17, 15) is 9.59 Å². The molecule has 0 aliphatic carbocycles. The summed E-state index contributed by atoms with van der Waals surface area (Å²) in [6.45, 7) is 1.19. The van der Waals surface area contributed by atoms with Crippen LogP contribution in [0, 0.1) is 0 Å². The molecule has 2 saturated heterocycles. The summed E-state index contributed by atoms with van der Waals surface area (Å²) >= 11 is 1.80. The first kappa shape index (κ1) is 20.5. The van der Waals surface area contributed by atoms with Crippen molar-refractivity contribution in [2.75, 3.05) is 5.75 Å². The SMILES string of the molecule is O=C(O)CCCC=C1SCC2C1N(Cc1ccccc1)C(=O)N2Cc1ccccc1. The number of rotatable bonds is 8. The molecule has 0 aromatic heterocycles. The fourth-order valence-corrected chi connectivity index (χ4v) is 5.60. The molecule has 4 rings (SSSR count). The summed E-state index contributed by atoms with van der Waals surface area (Å²) in [5.74, 6) is 0.111. The Balaban J connectivity index is 1.56. The number of carbonyl (C=O) groups is 2. The number of aliphatic carboxylic acids is 1. The normalized spacial score (nSPS) is 22.0. The number of fused-ring (bicyclic) bond motifs is 1. The van der Waals surface area contributed by atoms with Crippen LogP contribution in [0.4, 0.5) is 4.79 Å². The highest BCUT2D eigenvalue weighted by Gasteiger charge is 2.50. The fraction of sp³-hybridized carbons (Fsp3) is 0.333. The van der Waals surface area contributed by atoms with Gasteiger partial charge in [-0.2, -0.15) is 0 Å². The molecule has 2 aromatic carbocycles. The number of carboxylic acid groups (broad SMARTS) is 1. The van der Waals surface area contributed by atoms with Crippen molar-refractivity contribution in [2.24, 2.45) is 0 Å². The van der Waals surface area contributed by atoms with E-state index in [1.54, 1.807) is 11.8 Å². The number of nitrogens with zero attached hydrogens (tertiary/aromatic N) is 2. The molecule has 2 aromatic rings. The van der Waals surface area contributed by atoms with Crippen molar-refractivity contribution in [2.45, 2.75) is 44.4 Å². The number of thioether (sulfide) groups is 1. The first-order valence-corrected chi connectivity index (χ1v) is 11.3. The minimum atomic E-state index is -0.763. The second kappa shape index (κ2) is 9.39.